The van der Waals surface area contributed by atoms with Crippen LogP contribution in [0.25, 0.3) is 0 Å². The summed E-state index contributed by atoms with van der Waals surface area (Å²) in [7, 11) is 1.33. The average Bonchev–Trinajstić information content (AvgIpc) is 3.05. The standard InChI is InChI=1S/C12H17NO5/c1-6-4-13(5-9(6)12(17)18-2)10(14)7-3-8(7)11(15)16/h6-9H,3-5H2,1-2H3,(H,15,16). The first-order valence-corrected chi connectivity index (χ1v) is 6.05. The minimum absolute atomic E-state index is 0.0587. The van der Waals surface area contributed by atoms with Crippen molar-refractivity contribution >= 4 is 17.8 Å². The number of carboxylic acids is 1. The molecule has 1 heterocycles. The molecule has 1 saturated heterocycles. The smallest absolute Gasteiger partial charge is 0.310 e. The Morgan fingerprint density at radius 2 is 1.83 bits per heavy atom. The normalized spacial score (nSPS) is 34.2. The molecule has 1 aliphatic carbocycles. The van der Waals surface area contributed by atoms with Crippen molar-refractivity contribution in [1.82, 2.24) is 4.90 Å². The molecule has 1 saturated carbocycles. The first kappa shape index (κ1) is 12.9. The number of nitrogens with zero attached hydrogens (tertiary/aromatic N) is 1. The second-order valence-corrected chi connectivity index (χ2v) is 5.14. The van der Waals surface area contributed by atoms with Crippen LogP contribution in [0.3, 0.4) is 0 Å². The highest BCUT2D eigenvalue weighted by molar-refractivity contribution is 5.90. The predicted molar refractivity (Wildman–Crippen MR) is 60.5 cm³/mol. The number of carbonyl (C=O) groups excluding carboxylic acids is 2. The van der Waals surface area contributed by atoms with Crippen LogP contribution in [0.1, 0.15) is 13.3 Å². The van der Waals surface area contributed by atoms with Crippen molar-refractivity contribution in [3.63, 3.8) is 0 Å². The first-order valence-electron chi connectivity index (χ1n) is 6.05. The second-order valence-electron chi connectivity index (χ2n) is 5.14. The molecule has 1 aliphatic heterocycles. The predicted octanol–water partition coefficient (Wildman–Crippen LogP) is -0.0254. The van der Waals surface area contributed by atoms with Gasteiger partial charge in [0, 0.05) is 13.1 Å². The van der Waals surface area contributed by atoms with Crippen LogP contribution in [0, 0.1) is 23.7 Å². The molecule has 0 aromatic carbocycles. The average molecular weight is 255 g/mol. The number of esters is 1. The van der Waals surface area contributed by atoms with E-state index in [9.17, 15) is 14.4 Å². The maximum atomic E-state index is 12.0. The minimum Gasteiger partial charge on any atom is -0.481 e. The molecule has 2 fully saturated rings. The van der Waals surface area contributed by atoms with Crippen LogP contribution in [0.5, 0.6) is 0 Å². The third kappa shape index (κ3) is 2.19. The van der Waals surface area contributed by atoms with Gasteiger partial charge in [-0.1, -0.05) is 6.92 Å². The van der Waals surface area contributed by atoms with E-state index in [1.807, 2.05) is 6.92 Å². The summed E-state index contributed by atoms with van der Waals surface area (Å²) in [6.07, 6.45) is 0.419. The number of hydrogen-bond acceptors (Lipinski definition) is 4. The third-order valence-corrected chi connectivity index (χ3v) is 3.85. The van der Waals surface area contributed by atoms with E-state index >= 15 is 0 Å². The molecular formula is C12H17NO5. The molecule has 18 heavy (non-hydrogen) atoms. The van der Waals surface area contributed by atoms with Crippen molar-refractivity contribution in [2.45, 2.75) is 13.3 Å². The largest absolute Gasteiger partial charge is 0.481 e. The highest BCUT2D eigenvalue weighted by atomic mass is 16.5. The van der Waals surface area contributed by atoms with E-state index < -0.39 is 17.8 Å². The topological polar surface area (TPSA) is 83.9 Å². The molecule has 100 valence electrons. The number of rotatable bonds is 3. The van der Waals surface area contributed by atoms with Crippen LogP contribution in [0.4, 0.5) is 0 Å². The summed E-state index contributed by atoms with van der Waals surface area (Å²) in [6, 6.07) is 0. The van der Waals surface area contributed by atoms with E-state index in [1.54, 1.807) is 4.90 Å². The summed E-state index contributed by atoms with van der Waals surface area (Å²) in [5.41, 5.74) is 0. The monoisotopic (exact) mass is 255 g/mol. The summed E-state index contributed by atoms with van der Waals surface area (Å²) in [4.78, 5) is 35.9. The van der Waals surface area contributed by atoms with E-state index in [-0.39, 0.29) is 23.7 Å². The van der Waals surface area contributed by atoms with Crippen LogP contribution in [0.2, 0.25) is 0 Å². The molecule has 6 nitrogen and oxygen atoms in total. The Morgan fingerprint density at radius 1 is 1.17 bits per heavy atom. The van der Waals surface area contributed by atoms with E-state index in [0.717, 1.165) is 0 Å². The molecular weight excluding hydrogens is 238 g/mol. The number of aliphatic carboxylic acids is 1. The SMILES string of the molecule is COC(=O)C1CN(C(=O)C2CC2C(=O)O)CC1C. The minimum atomic E-state index is -0.912. The summed E-state index contributed by atoms with van der Waals surface area (Å²) in [6.45, 7) is 2.74. The fraction of sp³-hybridized carbons (Fsp3) is 0.750. The zero-order valence-corrected chi connectivity index (χ0v) is 10.5. The Kier molecular flexibility index (Phi) is 3.28. The van der Waals surface area contributed by atoms with Crippen molar-refractivity contribution in [2.24, 2.45) is 23.7 Å². The van der Waals surface area contributed by atoms with Crippen LogP contribution in [-0.2, 0) is 19.1 Å². The van der Waals surface area contributed by atoms with E-state index in [1.165, 1.54) is 7.11 Å². The molecule has 1 amide bonds. The Balaban J connectivity index is 1.94. The van der Waals surface area contributed by atoms with Crippen molar-refractivity contribution in [3.05, 3.63) is 0 Å². The highest BCUT2D eigenvalue weighted by Gasteiger charge is 2.51. The number of likely N-dealkylation sites (tertiary alicyclic amines) is 1. The van der Waals surface area contributed by atoms with Gasteiger partial charge in [0.2, 0.25) is 5.91 Å². The van der Waals surface area contributed by atoms with Crippen molar-refractivity contribution in [2.75, 3.05) is 20.2 Å². The molecule has 4 unspecified atom stereocenters. The molecule has 4 atom stereocenters. The third-order valence-electron chi connectivity index (χ3n) is 3.85. The fourth-order valence-corrected chi connectivity index (χ4v) is 2.58. The molecule has 0 spiro atoms. The van der Waals surface area contributed by atoms with Crippen LogP contribution < -0.4 is 0 Å². The van der Waals surface area contributed by atoms with Crippen molar-refractivity contribution < 1.29 is 24.2 Å². The van der Waals surface area contributed by atoms with Crippen LogP contribution in [0.15, 0.2) is 0 Å². The second kappa shape index (κ2) is 4.59. The van der Waals surface area contributed by atoms with Crippen LogP contribution in [-0.4, -0.2) is 48.1 Å². The van der Waals surface area contributed by atoms with Crippen molar-refractivity contribution in [1.29, 1.82) is 0 Å². The van der Waals surface area contributed by atoms with Gasteiger partial charge in [0.1, 0.15) is 0 Å². The van der Waals surface area contributed by atoms with Gasteiger partial charge in [0.25, 0.3) is 0 Å². The molecule has 0 bridgehead atoms. The fourth-order valence-electron chi connectivity index (χ4n) is 2.58. The number of ether oxygens (including phenoxy) is 1. The van der Waals surface area contributed by atoms with Crippen molar-refractivity contribution in [3.8, 4) is 0 Å². The van der Waals surface area contributed by atoms with E-state index in [4.69, 9.17) is 9.84 Å². The number of carbonyl (C=O) groups is 3. The molecule has 2 rings (SSSR count). The molecule has 0 aromatic rings. The number of amides is 1. The molecule has 1 N–H and O–H groups in total. The Labute approximate surface area is 105 Å². The zero-order chi connectivity index (χ0) is 13.4. The van der Waals surface area contributed by atoms with Gasteiger partial charge in [0.05, 0.1) is 24.9 Å². The lowest BCUT2D eigenvalue weighted by atomic mass is 9.99. The summed E-state index contributed by atoms with van der Waals surface area (Å²) in [5, 5.41) is 8.80. The van der Waals surface area contributed by atoms with Gasteiger partial charge in [0.15, 0.2) is 0 Å². The van der Waals surface area contributed by atoms with E-state index in [2.05, 4.69) is 0 Å². The van der Waals surface area contributed by atoms with Gasteiger partial charge >= 0.3 is 11.9 Å². The maximum Gasteiger partial charge on any atom is 0.310 e. The van der Waals surface area contributed by atoms with Gasteiger partial charge in [-0.25, -0.2) is 0 Å². The van der Waals surface area contributed by atoms with Gasteiger partial charge in [-0.15, -0.1) is 0 Å². The lowest BCUT2D eigenvalue weighted by molar-refractivity contribution is -0.146. The highest BCUT2D eigenvalue weighted by Crippen LogP contribution is 2.41. The van der Waals surface area contributed by atoms with Gasteiger partial charge in [-0.05, 0) is 12.3 Å². The number of methoxy groups -OCH3 is 1. The Bertz CT molecular complexity index is 394. The number of hydrogen-bond donors (Lipinski definition) is 1. The zero-order valence-electron chi connectivity index (χ0n) is 10.5. The van der Waals surface area contributed by atoms with Gasteiger partial charge in [-0.3, -0.25) is 14.4 Å². The molecule has 0 radical (unpaired) electrons. The number of carboxylic acid groups (broad SMARTS) is 1. The van der Waals surface area contributed by atoms with Gasteiger partial charge in [-0.2, -0.15) is 0 Å². The van der Waals surface area contributed by atoms with E-state index in [0.29, 0.717) is 19.5 Å². The summed E-state index contributed by atoms with van der Waals surface area (Å²) < 4.78 is 4.70. The quantitative estimate of drug-likeness (QED) is 0.716. The molecule has 6 heteroatoms. The lowest BCUT2D eigenvalue weighted by Crippen LogP contribution is -2.32. The van der Waals surface area contributed by atoms with Crippen LogP contribution >= 0.6 is 0 Å². The lowest BCUT2D eigenvalue weighted by Gasteiger charge is -2.15. The van der Waals surface area contributed by atoms with Gasteiger partial charge < -0.3 is 14.7 Å². The maximum absolute atomic E-state index is 12.0. The molecule has 0 aromatic heterocycles. The first-order chi connectivity index (χ1) is 8.45. The Hall–Kier alpha value is -1.59. The Morgan fingerprint density at radius 3 is 2.33 bits per heavy atom. The molecule has 2 aliphatic rings. The summed E-state index contributed by atoms with van der Waals surface area (Å²) >= 11 is 0. The summed E-state index contributed by atoms with van der Waals surface area (Å²) in [5.74, 6) is -2.52.